The van der Waals surface area contributed by atoms with E-state index in [0.717, 1.165) is 51.1 Å². The summed E-state index contributed by atoms with van der Waals surface area (Å²) in [6, 6.07) is 3.34. The standard InChI is InChI=1S/C19H27NO5/c1-23-14-10-15(18(21)22)16(17(11-14)24-2)12-20-7-3-4-19(13-20)5-8-25-9-6-19/h10-11H,3-9,12-13H2,1-2H3,(H,21,22). The zero-order valence-electron chi connectivity index (χ0n) is 15.0. The van der Waals surface area contributed by atoms with Crippen LogP contribution in [0.25, 0.3) is 0 Å². The minimum atomic E-state index is -0.954. The summed E-state index contributed by atoms with van der Waals surface area (Å²) >= 11 is 0. The maximum Gasteiger partial charge on any atom is 0.336 e. The van der Waals surface area contributed by atoms with Crippen LogP contribution in [0.1, 0.15) is 41.6 Å². The molecule has 25 heavy (non-hydrogen) atoms. The van der Waals surface area contributed by atoms with Crippen molar-refractivity contribution in [2.45, 2.75) is 32.2 Å². The molecule has 3 rings (SSSR count). The summed E-state index contributed by atoms with van der Waals surface area (Å²) in [7, 11) is 3.10. The predicted molar refractivity (Wildman–Crippen MR) is 93.5 cm³/mol. The summed E-state index contributed by atoms with van der Waals surface area (Å²) in [5, 5.41) is 9.63. The van der Waals surface area contributed by atoms with Crippen LogP contribution < -0.4 is 9.47 Å². The molecule has 0 radical (unpaired) electrons. The minimum absolute atomic E-state index is 0.253. The molecular weight excluding hydrogens is 322 g/mol. The first-order valence-electron chi connectivity index (χ1n) is 8.85. The van der Waals surface area contributed by atoms with Crippen LogP contribution in [0.15, 0.2) is 12.1 Å². The number of hydrogen-bond acceptors (Lipinski definition) is 5. The van der Waals surface area contributed by atoms with Gasteiger partial charge >= 0.3 is 5.97 Å². The largest absolute Gasteiger partial charge is 0.497 e. The second kappa shape index (κ2) is 7.62. The van der Waals surface area contributed by atoms with Gasteiger partial charge in [-0.2, -0.15) is 0 Å². The first-order valence-corrected chi connectivity index (χ1v) is 8.85. The van der Waals surface area contributed by atoms with Crippen molar-refractivity contribution in [1.29, 1.82) is 0 Å². The second-order valence-corrected chi connectivity index (χ2v) is 7.09. The Hall–Kier alpha value is -1.79. The van der Waals surface area contributed by atoms with E-state index in [9.17, 15) is 9.90 Å². The van der Waals surface area contributed by atoms with Gasteiger partial charge in [0.25, 0.3) is 0 Å². The molecule has 1 aromatic carbocycles. The van der Waals surface area contributed by atoms with Crippen molar-refractivity contribution in [1.82, 2.24) is 4.90 Å². The first kappa shape index (κ1) is 18.0. The number of methoxy groups -OCH3 is 2. The number of carboxylic acids is 1. The monoisotopic (exact) mass is 349 g/mol. The number of carbonyl (C=O) groups is 1. The van der Waals surface area contributed by atoms with Crippen LogP contribution in [-0.2, 0) is 11.3 Å². The number of rotatable bonds is 5. The lowest BCUT2D eigenvalue weighted by atomic mass is 9.74. The summed E-state index contributed by atoms with van der Waals surface area (Å²) in [4.78, 5) is 14.1. The van der Waals surface area contributed by atoms with E-state index >= 15 is 0 Å². The molecular formula is C19H27NO5. The Morgan fingerprint density at radius 3 is 2.64 bits per heavy atom. The van der Waals surface area contributed by atoms with Gasteiger partial charge in [0.1, 0.15) is 11.5 Å². The summed E-state index contributed by atoms with van der Waals surface area (Å²) in [5.41, 5.74) is 1.29. The van der Waals surface area contributed by atoms with Crippen LogP contribution in [0.4, 0.5) is 0 Å². The molecule has 1 aromatic rings. The number of ether oxygens (including phenoxy) is 3. The zero-order chi connectivity index (χ0) is 17.9. The molecule has 0 aliphatic carbocycles. The smallest absolute Gasteiger partial charge is 0.336 e. The van der Waals surface area contributed by atoms with Crippen molar-refractivity contribution in [3.8, 4) is 11.5 Å². The Morgan fingerprint density at radius 1 is 1.24 bits per heavy atom. The molecule has 1 spiro atoms. The van der Waals surface area contributed by atoms with E-state index in [-0.39, 0.29) is 5.56 Å². The fourth-order valence-corrected chi connectivity index (χ4v) is 4.16. The third-order valence-corrected chi connectivity index (χ3v) is 5.54. The molecule has 2 aliphatic heterocycles. The van der Waals surface area contributed by atoms with Crippen molar-refractivity contribution in [2.24, 2.45) is 5.41 Å². The molecule has 0 saturated carbocycles. The zero-order valence-corrected chi connectivity index (χ0v) is 15.0. The van der Waals surface area contributed by atoms with Crippen molar-refractivity contribution < 1.29 is 24.1 Å². The van der Waals surface area contributed by atoms with E-state index in [4.69, 9.17) is 14.2 Å². The van der Waals surface area contributed by atoms with Gasteiger partial charge in [0.15, 0.2) is 0 Å². The Labute approximate surface area is 148 Å². The molecule has 0 amide bonds. The quantitative estimate of drug-likeness (QED) is 0.882. The number of likely N-dealkylation sites (tertiary alicyclic amines) is 1. The summed E-state index contributed by atoms with van der Waals surface area (Å²) < 4.78 is 16.2. The fourth-order valence-electron chi connectivity index (χ4n) is 4.16. The van der Waals surface area contributed by atoms with E-state index in [1.54, 1.807) is 19.2 Å². The van der Waals surface area contributed by atoms with Crippen molar-refractivity contribution in [2.75, 3.05) is 40.5 Å². The Bertz CT molecular complexity index is 619. The SMILES string of the molecule is COc1cc(OC)c(CN2CCCC3(CCOCC3)C2)c(C(=O)O)c1. The van der Waals surface area contributed by atoms with Gasteiger partial charge < -0.3 is 19.3 Å². The summed E-state index contributed by atoms with van der Waals surface area (Å²) in [6.45, 7) is 4.22. The van der Waals surface area contributed by atoms with Crippen molar-refractivity contribution >= 4 is 5.97 Å². The molecule has 0 atom stereocenters. The van der Waals surface area contributed by atoms with Gasteiger partial charge in [-0.05, 0) is 43.7 Å². The molecule has 138 valence electrons. The number of hydrogen-bond donors (Lipinski definition) is 1. The van der Waals surface area contributed by atoms with Crippen molar-refractivity contribution in [3.05, 3.63) is 23.3 Å². The Kier molecular flexibility index (Phi) is 5.49. The maximum atomic E-state index is 11.7. The first-order chi connectivity index (χ1) is 12.1. The van der Waals surface area contributed by atoms with Gasteiger partial charge in [0, 0.05) is 37.9 Å². The normalized spacial score (nSPS) is 20.4. The third kappa shape index (κ3) is 3.90. The number of benzene rings is 1. The topological polar surface area (TPSA) is 68.2 Å². The summed E-state index contributed by atoms with van der Waals surface area (Å²) in [5.74, 6) is 0.117. The molecule has 6 nitrogen and oxygen atoms in total. The number of aromatic carboxylic acids is 1. The molecule has 0 bridgehead atoms. The highest BCUT2D eigenvalue weighted by atomic mass is 16.5. The van der Waals surface area contributed by atoms with E-state index in [2.05, 4.69) is 4.90 Å². The van der Waals surface area contributed by atoms with E-state index in [1.165, 1.54) is 13.5 Å². The second-order valence-electron chi connectivity index (χ2n) is 7.09. The third-order valence-electron chi connectivity index (χ3n) is 5.54. The Morgan fingerprint density at radius 2 is 2.00 bits per heavy atom. The highest BCUT2D eigenvalue weighted by Gasteiger charge is 2.37. The van der Waals surface area contributed by atoms with Crippen LogP contribution in [0.5, 0.6) is 11.5 Å². The van der Waals surface area contributed by atoms with Crippen LogP contribution in [-0.4, -0.2) is 56.5 Å². The highest BCUT2D eigenvalue weighted by molar-refractivity contribution is 5.91. The van der Waals surface area contributed by atoms with Gasteiger partial charge in [-0.1, -0.05) is 0 Å². The predicted octanol–water partition coefficient (Wildman–Crippen LogP) is 2.79. The lowest BCUT2D eigenvalue weighted by Crippen LogP contribution is -2.45. The van der Waals surface area contributed by atoms with Gasteiger partial charge in [-0.3, -0.25) is 4.90 Å². The number of piperidine rings is 1. The van der Waals surface area contributed by atoms with Crippen LogP contribution >= 0.6 is 0 Å². The molecule has 2 aliphatic rings. The van der Waals surface area contributed by atoms with Crippen LogP contribution in [0, 0.1) is 5.41 Å². The maximum absolute atomic E-state index is 11.7. The minimum Gasteiger partial charge on any atom is -0.497 e. The van der Waals surface area contributed by atoms with Gasteiger partial charge in [0.05, 0.1) is 19.8 Å². The molecule has 2 heterocycles. The highest BCUT2D eigenvalue weighted by Crippen LogP contribution is 2.40. The molecule has 2 fully saturated rings. The van der Waals surface area contributed by atoms with Crippen LogP contribution in [0.3, 0.4) is 0 Å². The number of carboxylic acid groups (broad SMARTS) is 1. The van der Waals surface area contributed by atoms with E-state index in [1.807, 2.05) is 0 Å². The van der Waals surface area contributed by atoms with Crippen molar-refractivity contribution in [3.63, 3.8) is 0 Å². The lowest BCUT2D eigenvalue weighted by molar-refractivity contribution is -0.0292. The van der Waals surface area contributed by atoms with Gasteiger partial charge in [-0.15, -0.1) is 0 Å². The fraction of sp³-hybridized carbons (Fsp3) is 0.632. The van der Waals surface area contributed by atoms with E-state index in [0.29, 0.717) is 23.5 Å². The molecule has 0 unspecified atom stereocenters. The molecule has 2 saturated heterocycles. The molecule has 1 N–H and O–H groups in total. The number of nitrogens with zero attached hydrogens (tertiary/aromatic N) is 1. The summed E-state index contributed by atoms with van der Waals surface area (Å²) in [6.07, 6.45) is 4.56. The molecule has 6 heteroatoms. The van der Waals surface area contributed by atoms with Gasteiger partial charge in [0.2, 0.25) is 0 Å². The molecule has 0 aromatic heterocycles. The lowest BCUT2D eigenvalue weighted by Gasteiger charge is -2.45. The Balaban J connectivity index is 1.85. The van der Waals surface area contributed by atoms with E-state index < -0.39 is 5.97 Å². The average Bonchev–Trinajstić information content (AvgIpc) is 2.62. The van der Waals surface area contributed by atoms with Gasteiger partial charge in [-0.25, -0.2) is 4.79 Å². The average molecular weight is 349 g/mol. The van der Waals surface area contributed by atoms with Crippen LogP contribution in [0.2, 0.25) is 0 Å².